The third-order valence-corrected chi connectivity index (χ3v) is 4.67. The van der Waals surface area contributed by atoms with Gasteiger partial charge in [-0.25, -0.2) is 13.9 Å². The minimum atomic E-state index is -4.12. The van der Waals surface area contributed by atoms with Gasteiger partial charge >= 0.3 is 16.2 Å². The first-order valence-electron chi connectivity index (χ1n) is 6.10. The molecule has 7 nitrogen and oxygen atoms in total. The zero-order chi connectivity index (χ0) is 14.9. The number of hydrogen-bond acceptors (Lipinski definition) is 4. The standard InChI is InChI=1S/C11H16ClN3O4S/c12-7-14-4-1-2-8(6-14)9-3-5-15(20(13,18)19)10(9)11(16)17/h3,5,8H,1-2,4,6-7H2,(H,16,17)(H2,13,18,19). The van der Waals surface area contributed by atoms with Crippen LogP contribution >= 0.6 is 11.6 Å². The van der Waals surface area contributed by atoms with Crippen LogP contribution in [0.5, 0.6) is 0 Å². The number of halogens is 1. The van der Waals surface area contributed by atoms with Crippen LogP contribution < -0.4 is 5.14 Å². The summed E-state index contributed by atoms with van der Waals surface area (Å²) in [7, 11) is -4.12. The van der Waals surface area contributed by atoms with Crippen molar-refractivity contribution in [2.45, 2.75) is 18.8 Å². The summed E-state index contributed by atoms with van der Waals surface area (Å²) < 4.78 is 23.5. The predicted octanol–water partition coefficient (Wildman–Crippen LogP) is 0.614. The molecule has 0 spiro atoms. The number of alkyl halides is 1. The van der Waals surface area contributed by atoms with E-state index < -0.39 is 16.2 Å². The van der Waals surface area contributed by atoms with E-state index in [0.717, 1.165) is 19.4 Å². The van der Waals surface area contributed by atoms with Crippen LogP contribution in [-0.2, 0) is 10.2 Å². The molecule has 1 fully saturated rings. The van der Waals surface area contributed by atoms with E-state index in [1.54, 1.807) is 0 Å². The predicted molar refractivity (Wildman–Crippen MR) is 74.2 cm³/mol. The highest BCUT2D eigenvalue weighted by molar-refractivity contribution is 7.87. The van der Waals surface area contributed by atoms with Crippen molar-refractivity contribution in [2.24, 2.45) is 5.14 Å². The highest BCUT2D eigenvalue weighted by Gasteiger charge is 2.29. The molecule has 0 radical (unpaired) electrons. The summed E-state index contributed by atoms with van der Waals surface area (Å²) in [6.45, 7) is 1.47. The zero-order valence-corrected chi connectivity index (χ0v) is 12.3. The minimum absolute atomic E-state index is 0.0587. The summed E-state index contributed by atoms with van der Waals surface area (Å²) in [4.78, 5) is 13.4. The molecule has 1 aromatic rings. The largest absolute Gasteiger partial charge is 0.477 e. The van der Waals surface area contributed by atoms with E-state index in [2.05, 4.69) is 0 Å². The lowest BCUT2D eigenvalue weighted by molar-refractivity contribution is 0.0686. The number of carboxylic acid groups (broad SMARTS) is 1. The molecule has 3 N–H and O–H groups in total. The van der Waals surface area contributed by atoms with Crippen LogP contribution in [0.3, 0.4) is 0 Å². The van der Waals surface area contributed by atoms with Gasteiger partial charge in [0.2, 0.25) is 0 Å². The Labute approximate surface area is 122 Å². The molecule has 112 valence electrons. The van der Waals surface area contributed by atoms with Gasteiger partial charge < -0.3 is 5.11 Å². The number of carboxylic acids is 1. The number of aromatic nitrogens is 1. The molecule has 1 unspecified atom stereocenters. The van der Waals surface area contributed by atoms with Crippen LogP contribution in [0.1, 0.15) is 34.8 Å². The summed E-state index contributed by atoms with van der Waals surface area (Å²) in [6, 6.07) is 1.88. The maximum Gasteiger partial charge on any atom is 0.353 e. The Kier molecular flexibility index (Phi) is 4.38. The van der Waals surface area contributed by atoms with Crippen LogP contribution in [0.25, 0.3) is 0 Å². The Balaban J connectivity index is 2.42. The Hall–Kier alpha value is -1.09. The number of piperidine rings is 1. The van der Waals surface area contributed by atoms with Crippen LogP contribution in [-0.4, -0.2) is 47.5 Å². The topological polar surface area (TPSA) is 106 Å². The fourth-order valence-electron chi connectivity index (χ4n) is 2.61. The second-order valence-corrected chi connectivity index (χ2v) is 6.46. The second-order valence-electron chi connectivity index (χ2n) is 4.80. The molecule has 20 heavy (non-hydrogen) atoms. The first-order valence-corrected chi connectivity index (χ1v) is 8.14. The summed E-state index contributed by atoms with van der Waals surface area (Å²) >= 11 is 5.80. The SMILES string of the molecule is NS(=O)(=O)n1ccc(C2CCCN(CCl)C2)c1C(=O)O. The lowest BCUT2D eigenvalue weighted by atomic mass is 9.91. The fourth-order valence-corrected chi connectivity index (χ4v) is 3.49. The van der Waals surface area contributed by atoms with E-state index in [0.29, 0.717) is 22.1 Å². The monoisotopic (exact) mass is 321 g/mol. The number of nitrogens with zero attached hydrogens (tertiary/aromatic N) is 2. The number of likely N-dealkylation sites (tertiary alicyclic amines) is 1. The van der Waals surface area contributed by atoms with Crippen LogP contribution in [0.2, 0.25) is 0 Å². The summed E-state index contributed by atoms with van der Waals surface area (Å²) in [5, 5.41) is 14.3. The van der Waals surface area contributed by atoms with Crippen molar-refractivity contribution in [3.8, 4) is 0 Å². The molecule has 0 bridgehead atoms. The Bertz CT molecular complexity index is 613. The average Bonchev–Trinajstić information content (AvgIpc) is 2.83. The summed E-state index contributed by atoms with van der Waals surface area (Å²) in [6.07, 6.45) is 2.87. The number of hydrogen-bond donors (Lipinski definition) is 2. The fraction of sp³-hybridized carbons (Fsp3) is 0.545. The van der Waals surface area contributed by atoms with E-state index in [9.17, 15) is 18.3 Å². The third-order valence-electron chi connectivity index (χ3n) is 3.47. The number of aromatic carboxylic acids is 1. The third kappa shape index (κ3) is 2.98. The van der Waals surface area contributed by atoms with E-state index in [-0.39, 0.29) is 11.6 Å². The Morgan fingerprint density at radius 1 is 1.55 bits per heavy atom. The van der Waals surface area contributed by atoms with Crippen molar-refractivity contribution in [2.75, 3.05) is 19.1 Å². The second kappa shape index (κ2) is 5.72. The van der Waals surface area contributed by atoms with Crippen LogP contribution in [0.15, 0.2) is 12.3 Å². The van der Waals surface area contributed by atoms with Crippen molar-refractivity contribution in [1.82, 2.24) is 8.87 Å². The molecule has 1 aliphatic rings. The van der Waals surface area contributed by atoms with Crippen molar-refractivity contribution in [3.63, 3.8) is 0 Å². The first kappa shape index (κ1) is 15.3. The van der Waals surface area contributed by atoms with Gasteiger partial charge in [0.25, 0.3) is 0 Å². The van der Waals surface area contributed by atoms with Gasteiger partial charge in [-0.15, -0.1) is 11.6 Å². The number of carbonyl (C=O) groups is 1. The smallest absolute Gasteiger partial charge is 0.353 e. The van der Waals surface area contributed by atoms with Crippen molar-refractivity contribution in [3.05, 3.63) is 23.5 Å². The van der Waals surface area contributed by atoms with Gasteiger partial charge in [0.05, 0.1) is 6.00 Å². The van der Waals surface area contributed by atoms with Crippen molar-refractivity contribution >= 4 is 27.8 Å². The van der Waals surface area contributed by atoms with E-state index >= 15 is 0 Å². The molecule has 0 saturated carbocycles. The molecule has 0 aliphatic carbocycles. The van der Waals surface area contributed by atoms with Crippen molar-refractivity contribution < 1.29 is 18.3 Å². The number of nitrogens with two attached hydrogens (primary N) is 1. The van der Waals surface area contributed by atoms with Gasteiger partial charge in [-0.2, -0.15) is 8.42 Å². The molecule has 1 aromatic heterocycles. The number of rotatable bonds is 4. The van der Waals surface area contributed by atoms with Crippen LogP contribution in [0.4, 0.5) is 0 Å². The molecule has 1 saturated heterocycles. The van der Waals surface area contributed by atoms with Gasteiger partial charge in [0, 0.05) is 12.7 Å². The molecule has 0 amide bonds. The molecule has 0 aromatic carbocycles. The van der Waals surface area contributed by atoms with Gasteiger partial charge in [-0.1, -0.05) is 0 Å². The van der Waals surface area contributed by atoms with E-state index in [1.165, 1.54) is 12.3 Å². The molecular formula is C11H16ClN3O4S. The van der Waals surface area contributed by atoms with Gasteiger partial charge in [-0.3, -0.25) is 4.90 Å². The molecule has 9 heteroatoms. The van der Waals surface area contributed by atoms with E-state index in [4.69, 9.17) is 16.7 Å². The molecule has 2 rings (SSSR count). The average molecular weight is 322 g/mol. The lowest BCUT2D eigenvalue weighted by Crippen LogP contribution is -2.34. The first-order chi connectivity index (χ1) is 9.34. The minimum Gasteiger partial charge on any atom is -0.477 e. The van der Waals surface area contributed by atoms with Crippen LogP contribution in [0, 0.1) is 0 Å². The normalized spacial score (nSPS) is 21.0. The maximum atomic E-state index is 11.4. The quantitative estimate of drug-likeness (QED) is 0.624. The van der Waals surface area contributed by atoms with Gasteiger partial charge in [0.15, 0.2) is 0 Å². The summed E-state index contributed by atoms with van der Waals surface area (Å²) in [5.74, 6) is -1.36. The maximum absolute atomic E-state index is 11.4. The lowest BCUT2D eigenvalue weighted by Gasteiger charge is -2.31. The molecule has 1 atom stereocenters. The Morgan fingerprint density at radius 2 is 2.25 bits per heavy atom. The van der Waals surface area contributed by atoms with Crippen molar-refractivity contribution in [1.29, 1.82) is 0 Å². The molecular weight excluding hydrogens is 306 g/mol. The summed E-state index contributed by atoms with van der Waals surface area (Å²) in [5.41, 5.74) is 0.204. The molecule has 1 aliphatic heterocycles. The van der Waals surface area contributed by atoms with Gasteiger partial charge in [0.1, 0.15) is 5.69 Å². The van der Waals surface area contributed by atoms with Gasteiger partial charge in [-0.05, 0) is 36.9 Å². The molecule has 2 heterocycles. The zero-order valence-electron chi connectivity index (χ0n) is 10.7. The highest BCUT2D eigenvalue weighted by atomic mass is 35.5. The van der Waals surface area contributed by atoms with E-state index in [1.807, 2.05) is 4.90 Å². The Morgan fingerprint density at radius 3 is 2.80 bits per heavy atom. The highest BCUT2D eigenvalue weighted by Crippen LogP contribution is 2.30.